The van der Waals surface area contributed by atoms with Crippen LogP contribution in [-0.2, 0) is 0 Å². The third kappa shape index (κ3) is 2.38. The van der Waals surface area contributed by atoms with E-state index in [1.807, 2.05) is 11.6 Å². The van der Waals surface area contributed by atoms with Gasteiger partial charge in [-0.15, -0.1) is 11.3 Å². The second-order valence-corrected chi connectivity index (χ2v) is 5.04. The van der Waals surface area contributed by atoms with E-state index in [1.54, 1.807) is 11.3 Å². The van der Waals surface area contributed by atoms with E-state index in [2.05, 4.69) is 16.8 Å². The highest BCUT2D eigenvalue weighted by Gasteiger charge is 2.27. The molecule has 1 aromatic rings. The molecule has 1 N–H and O–H groups in total. The fourth-order valence-electron chi connectivity index (χ4n) is 2.31. The molecule has 0 amide bonds. The van der Waals surface area contributed by atoms with Crippen molar-refractivity contribution in [3.63, 3.8) is 0 Å². The molecule has 1 saturated heterocycles. The molecule has 0 radical (unpaired) electrons. The van der Waals surface area contributed by atoms with Crippen LogP contribution in [0.15, 0.2) is 11.6 Å². The highest BCUT2D eigenvalue weighted by atomic mass is 32.1. The van der Waals surface area contributed by atoms with Crippen molar-refractivity contribution in [2.45, 2.75) is 38.3 Å². The molecule has 1 aliphatic rings. The van der Waals surface area contributed by atoms with E-state index in [0.29, 0.717) is 12.1 Å². The summed E-state index contributed by atoms with van der Waals surface area (Å²) in [4.78, 5) is 6.75. The van der Waals surface area contributed by atoms with Gasteiger partial charge in [-0.3, -0.25) is 4.90 Å². The second kappa shape index (κ2) is 5.05. The number of thiazole rings is 1. The van der Waals surface area contributed by atoms with Crippen LogP contribution < -0.4 is 0 Å². The van der Waals surface area contributed by atoms with Crippen LogP contribution >= 0.6 is 11.3 Å². The summed E-state index contributed by atoms with van der Waals surface area (Å²) in [6.07, 6.45) is 5.46. The monoisotopic (exact) mass is 226 g/mol. The number of hydrogen-bond acceptors (Lipinski definition) is 4. The Hall–Kier alpha value is -0.450. The maximum Gasteiger partial charge on any atom is 0.109 e. The van der Waals surface area contributed by atoms with Gasteiger partial charge in [0.2, 0.25) is 0 Å². The lowest BCUT2D eigenvalue weighted by Crippen LogP contribution is -2.43. The normalized spacial score (nSPS) is 25.3. The van der Waals surface area contributed by atoms with Gasteiger partial charge in [0.15, 0.2) is 0 Å². The molecule has 0 bridgehead atoms. The van der Waals surface area contributed by atoms with Crippen molar-refractivity contribution >= 4 is 11.3 Å². The van der Waals surface area contributed by atoms with E-state index in [0.717, 1.165) is 18.0 Å². The smallest absolute Gasteiger partial charge is 0.109 e. The van der Waals surface area contributed by atoms with Gasteiger partial charge in [0, 0.05) is 17.6 Å². The lowest BCUT2D eigenvalue weighted by molar-refractivity contribution is 0.0587. The summed E-state index contributed by atoms with van der Waals surface area (Å²) in [6, 6.07) is 0.681. The molecule has 84 valence electrons. The van der Waals surface area contributed by atoms with Crippen molar-refractivity contribution in [2.24, 2.45) is 0 Å². The third-order valence-electron chi connectivity index (χ3n) is 3.19. The number of rotatable bonds is 3. The SMILES string of the molecule is C[C@@H](c1nccs1)N1CCCC[C@H]1CO. The van der Waals surface area contributed by atoms with Gasteiger partial charge in [0.1, 0.15) is 5.01 Å². The molecule has 0 spiro atoms. The Morgan fingerprint density at radius 2 is 2.53 bits per heavy atom. The van der Waals surface area contributed by atoms with Crippen LogP contribution in [0.2, 0.25) is 0 Å². The summed E-state index contributed by atoms with van der Waals surface area (Å²) in [7, 11) is 0. The van der Waals surface area contributed by atoms with Crippen molar-refractivity contribution < 1.29 is 5.11 Å². The molecule has 4 heteroatoms. The van der Waals surface area contributed by atoms with Gasteiger partial charge in [0.05, 0.1) is 12.6 Å². The fraction of sp³-hybridized carbons (Fsp3) is 0.727. The number of aliphatic hydroxyl groups is 1. The fourth-order valence-corrected chi connectivity index (χ4v) is 3.03. The Morgan fingerprint density at radius 1 is 1.67 bits per heavy atom. The van der Waals surface area contributed by atoms with Crippen LogP contribution in [0.25, 0.3) is 0 Å². The van der Waals surface area contributed by atoms with Crippen molar-refractivity contribution in [1.82, 2.24) is 9.88 Å². The number of nitrogens with zero attached hydrogens (tertiary/aromatic N) is 2. The molecule has 2 rings (SSSR count). The number of likely N-dealkylation sites (tertiary alicyclic amines) is 1. The zero-order valence-corrected chi connectivity index (χ0v) is 9.91. The Labute approximate surface area is 94.8 Å². The Morgan fingerprint density at radius 3 is 3.20 bits per heavy atom. The van der Waals surface area contributed by atoms with E-state index in [-0.39, 0.29) is 6.61 Å². The Balaban J connectivity index is 2.07. The quantitative estimate of drug-likeness (QED) is 0.857. The van der Waals surface area contributed by atoms with Gasteiger partial charge in [-0.2, -0.15) is 0 Å². The van der Waals surface area contributed by atoms with E-state index < -0.39 is 0 Å². The molecule has 0 unspecified atom stereocenters. The first-order valence-corrected chi connectivity index (χ1v) is 6.47. The first-order valence-electron chi connectivity index (χ1n) is 5.59. The molecular weight excluding hydrogens is 208 g/mol. The Kier molecular flexibility index (Phi) is 3.72. The summed E-state index contributed by atoms with van der Waals surface area (Å²) in [5.41, 5.74) is 0. The molecule has 2 atom stereocenters. The van der Waals surface area contributed by atoms with E-state index in [1.165, 1.54) is 12.8 Å². The van der Waals surface area contributed by atoms with E-state index in [4.69, 9.17) is 0 Å². The zero-order chi connectivity index (χ0) is 10.7. The number of hydrogen-bond donors (Lipinski definition) is 1. The molecule has 3 nitrogen and oxygen atoms in total. The van der Waals surface area contributed by atoms with Crippen molar-refractivity contribution in [1.29, 1.82) is 0 Å². The second-order valence-electron chi connectivity index (χ2n) is 4.12. The maximum atomic E-state index is 9.35. The minimum absolute atomic E-state index is 0.274. The summed E-state index contributed by atoms with van der Waals surface area (Å²) in [6.45, 7) is 3.55. The van der Waals surface area contributed by atoms with Gasteiger partial charge in [-0.05, 0) is 26.3 Å². The topological polar surface area (TPSA) is 36.4 Å². The molecule has 2 heterocycles. The number of aromatic nitrogens is 1. The van der Waals surface area contributed by atoms with Gasteiger partial charge in [-0.25, -0.2) is 4.98 Å². The summed E-state index contributed by atoms with van der Waals surface area (Å²) in [5, 5.41) is 12.5. The van der Waals surface area contributed by atoms with Crippen LogP contribution in [0.4, 0.5) is 0 Å². The van der Waals surface area contributed by atoms with Crippen LogP contribution in [-0.4, -0.2) is 34.2 Å². The largest absolute Gasteiger partial charge is 0.395 e. The third-order valence-corrected chi connectivity index (χ3v) is 4.14. The lowest BCUT2D eigenvalue weighted by Gasteiger charge is -2.38. The highest BCUT2D eigenvalue weighted by molar-refractivity contribution is 7.09. The molecule has 1 aromatic heterocycles. The van der Waals surface area contributed by atoms with Gasteiger partial charge in [0.25, 0.3) is 0 Å². The average molecular weight is 226 g/mol. The van der Waals surface area contributed by atoms with Crippen LogP contribution in [0.5, 0.6) is 0 Å². The van der Waals surface area contributed by atoms with Gasteiger partial charge in [-0.1, -0.05) is 6.42 Å². The minimum Gasteiger partial charge on any atom is -0.395 e. The van der Waals surface area contributed by atoms with Crippen molar-refractivity contribution in [3.05, 3.63) is 16.6 Å². The summed E-state index contributed by atoms with van der Waals surface area (Å²) >= 11 is 1.70. The average Bonchev–Trinajstić information content (AvgIpc) is 2.81. The molecule has 0 aromatic carbocycles. The minimum atomic E-state index is 0.274. The lowest BCUT2D eigenvalue weighted by atomic mass is 10.0. The summed E-state index contributed by atoms with van der Waals surface area (Å²) < 4.78 is 0. The number of aliphatic hydroxyl groups excluding tert-OH is 1. The predicted octanol–water partition coefficient (Wildman–Crippen LogP) is 2.05. The zero-order valence-electron chi connectivity index (χ0n) is 9.09. The Bertz CT molecular complexity index is 289. The van der Waals surface area contributed by atoms with Crippen molar-refractivity contribution in [2.75, 3.05) is 13.2 Å². The van der Waals surface area contributed by atoms with Gasteiger partial charge >= 0.3 is 0 Å². The van der Waals surface area contributed by atoms with Crippen LogP contribution in [0.3, 0.4) is 0 Å². The van der Waals surface area contributed by atoms with Crippen LogP contribution in [0, 0.1) is 0 Å². The molecule has 15 heavy (non-hydrogen) atoms. The first-order chi connectivity index (χ1) is 7.33. The first kappa shape index (κ1) is 11.0. The standard InChI is InChI=1S/C11H18N2OS/c1-9(11-12-5-7-15-11)13-6-3-2-4-10(13)8-14/h5,7,9-10,14H,2-4,6,8H2,1H3/t9-,10-/m0/s1. The molecule has 1 fully saturated rings. The molecule has 0 aliphatic carbocycles. The number of piperidine rings is 1. The predicted molar refractivity (Wildman–Crippen MR) is 62.0 cm³/mol. The highest BCUT2D eigenvalue weighted by Crippen LogP contribution is 2.28. The molecule has 0 saturated carbocycles. The van der Waals surface area contributed by atoms with Crippen molar-refractivity contribution in [3.8, 4) is 0 Å². The maximum absolute atomic E-state index is 9.35. The van der Waals surface area contributed by atoms with Gasteiger partial charge < -0.3 is 5.11 Å². The van der Waals surface area contributed by atoms with Crippen LogP contribution in [0.1, 0.15) is 37.2 Å². The van der Waals surface area contributed by atoms with E-state index >= 15 is 0 Å². The molecule has 1 aliphatic heterocycles. The van der Waals surface area contributed by atoms with E-state index in [9.17, 15) is 5.11 Å². The molecular formula is C11H18N2OS. The summed E-state index contributed by atoms with van der Waals surface area (Å²) in [5.74, 6) is 0.